The Morgan fingerprint density at radius 1 is 0.938 bits per heavy atom. The lowest BCUT2D eigenvalue weighted by molar-refractivity contribution is -0.138. The molecule has 0 aromatic carbocycles. The van der Waals surface area contributed by atoms with Crippen LogP contribution in [0.25, 0.3) is 0 Å². The summed E-state index contributed by atoms with van der Waals surface area (Å²) in [7, 11) is 1.95. The number of carbonyl (C=O) groups excluding carboxylic acids is 2. The third kappa shape index (κ3) is 4.71. The van der Waals surface area contributed by atoms with Gasteiger partial charge in [-0.1, -0.05) is 44.9 Å². The number of hydrogen-bond acceptors (Lipinski definition) is 5. The van der Waals surface area contributed by atoms with Crippen molar-refractivity contribution >= 4 is 11.8 Å². The minimum Gasteiger partial charge on any atom is -0.344 e. The van der Waals surface area contributed by atoms with Gasteiger partial charge >= 0.3 is 0 Å². The minimum atomic E-state index is -0.230. The molecule has 0 spiro atoms. The van der Waals surface area contributed by atoms with Crippen LogP contribution in [0.5, 0.6) is 0 Å². The van der Waals surface area contributed by atoms with E-state index in [1.807, 2.05) is 16.8 Å². The quantitative estimate of drug-likeness (QED) is 0.604. The molecule has 7 heteroatoms. The van der Waals surface area contributed by atoms with E-state index in [1.54, 1.807) is 0 Å². The highest BCUT2D eigenvalue weighted by molar-refractivity contribution is 5.84. The molecular weight excluding hydrogens is 402 g/mol. The number of amides is 2. The first-order valence-corrected chi connectivity index (χ1v) is 13.4. The van der Waals surface area contributed by atoms with Crippen molar-refractivity contribution in [2.45, 2.75) is 101 Å². The number of nitrogens with zero attached hydrogens (tertiary/aromatic N) is 2. The number of rotatable bonds is 5. The van der Waals surface area contributed by atoms with Gasteiger partial charge < -0.3 is 15.1 Å². The van der Waals surface area contributed by atoms with E-state index in [0.717, 1.165) is 38.3 Å². The van der Waals surface area contributed by atoms with Gasteiger partial charge in [-0.25, -0.2) is 5.43 Å². The first kappa shape index (κ1) is 22.6. The Morgan fingerprint density at radius 2 is 1.72 bits per heavy atom. The lowest BCUT2D eigenvalue weighted by atomic mass is 9.84. The Balaban J connectivity index is 1.15. The Hall–Kier alpha value is -1.18. The third-order valence-electron chi connectivity index (χ3n) is 9.22. The van der Waals surface area contributed by atoms with E-state index in [0.29, 0.717) is 18.5 Å². The maximum absolute atomic E-state index is 13.3. The second-order valence-corrected chi connectivity index (χ2v) is 11.3. The van der Waals surface area contributed by atoms with Gasteiger partial charge in [-0.2, -0.15) is 0 Å². The van der Waals surface area contributed by atoms with E-state index >= 15 is 0 Å². The molecule has 0 aromatic heterocycles. The van der Waals surface area contributed by atoms with Crippen LogP contribution < -0.4 is 16.2 Å². The molecule has 2 saturated carbocycles. The van der Waals surface area contributed by atoms with Gasteiger partial charge in [-0.05, 0) is 43.9 Å². The van der Waals surface area contributed by atoms with Gasteiger partial charge in [0.25, 0.3) is 0 Å². The number of likely N-dealkylation sites (N-methyl/N-ethyl adjacent to an activating group) is 1. The average Bonchev–Trinajstić information content (AvgIpc) is 3.46. The minimum absolute atomic E-state index is 0.0192. The molecule has 0 bridgehead atoms. The standard InChI is InChI=1S/C25H43N5O2/c1-29(13-11-17-7-3-2-4-8-17)25(32)23-19-16-30(14-12-21(19)27-28-23)24(31)22-15-18-9-5-6-10-20(18)26-22/h17-23,26-28H,2-16H2,1H3. The normalized spacial score (nSPS) is 37.7. The summed E-state index contributed by atoms with van der Waals surface area (Å²) in [6.45, 7) is 2.32. The van der Waals surface area contributed by atoms with E-state index in [1.165, 1.54) is 57.8 Å². The van der Waals surface area contributed by atoms with Crippen LogP contribution in [0.4, 0.5) is 0 Å². The molecule has 5 aliphatic rings. The van der Waals surface area contributed by atoms with Gasteiger partial charge in [0, 0.05) is 44.7 Å². The number of carbonyl (C=O) groups is 2. The van der Waals surface area contributed by atoms with Crippen molar-refractivity contribution < 1.29 is 9.59 Å². The van der Waals surface area contributed by atoms with Crippen LogP contribution in [0.1, 0.15) is 77.0 Å². The van der Waals surface area contributed by atoms with Crippen LogP contribution in [0.2, 0.25) is 0 Å². The van der Waals surface area contributed by atoms with Crippen molar-refractivity contribution in [2.75, 3.05) is 26.7 Å². The summed E-state index contributed by atoms with van der Waals surface area (Å²) in [5, 5.41) is 3.65. The van der Waals surface area contributed by atoms with Crippen molar-refractivity contribution in [3.63, 3.8) is 0 Å². The molecule has 32 heavy (non-hydrogen) atoms. The fourth-order valence-electron chi connectivity index (χ4n) is 7.18. The van der Waals surface area contributed by atoms with Crippen LogP contribution in [0.3, 0.4) is 0 Å². The second-order valence-electron chi connectivity index (χ2n) is 11.3. The zero-order valence-corrected chi connectivity index (χ0v) is 19.9. The fourth-order valence-corrected chi connectivity index (χ4v) is 7.18. The second kappa shape index (κ2) is 9.98. The lowest BCUT2D eigenvalue weighted by Gasteiger charge is -2.37. The molecule has 180 valence electrons. The van der Waals surface area contributed by atoms with Gasteiger partial charge in [-0.3, -0.25) is 15.0 Å². The van der Waals surface area contributed by atoms with Crippen LogP contribution >= 0.6 is 0 Å². The van der Waals surface area contributed by atoms with Crippen LogP contribution in [-0.2, 0) is 9.59 Å². The molecule has 6 unspecified atom stereocenters. The summed E-state index contributed by atoms with van der Waals surface area (Å²) < 4.78 is 0. The van der Waals surface area contributed by atoms with Crippen molar-refractivity contribution in [2.24, 2.45) is 17.8 Å². The largest absolute Gasteiger partial charge is 0.344 e. The molecule has 6 atom stereocenters. The summed E-state index contributed by atoms with van der Waals surface area (Å²) in [5.74, 6) is 2.06. The average molecular weight is 446 g/mol. The first-order chi connectivity index (χ1) is 15.6. The van der Waals surface area contributed by atoms with Crippen molar-refractivity contribution in [3.8, 4) is 0 Å². The molecule has 7 nitrogen and oxygen atoms in total. The number of likely N-dealkylation sites (tertiary alicyclic amines) is 1. The van der Waals surface area contributed by atoms with Crippen LogP contribution in [0, 0.1) is 17.8 Å². The summed E-state index contributed by atoms with van der Waals surface area (Å²) in [6.07, 6.45) is 14.8. The highest BCUT2D eigenvalue weighted by atomic mass is 16.2. The summed E-state index contributed by atoms with van der Waals surface area (Å²) in [4.78, 5) is 30.6. The lowest BCUT2D eigenvalue weighted by Crippen LogP contribution is -2.55. The number of hydrazine groups is 1. The predicted molar refractivity (Wildman–Crippen MR) is 125 cm³/mol. The summed E-state index contributed by atoms with van der Waals surface area (Å²) in [6, 6.07) is 0.566. The van der Waals surface area contributed by atoms with Crippen molar-refractivity contribution in [1.82, 2.24) is 26.0 Å². The smallest absolute Gasteiger partial charge is 0.241 e. The van der Waals surface area contributed by atoms with Crippen LogP contribution in [0.15, 0.2) is 0 Å². The van der Waals surface area contributed by atoms with E-state index in [9.17, 15) is 9.59 Å². The van der Waals surface area contributed by atoms with Gasteiger partial charge in [0.1, 0.15) is 6.04 Å². The SMILES string of the molecule is CN(CCC1CCCCC1)C(=O)C1NNC2CCN(C(=O)C3CC4CCCCC4N3)CC21. The van der Waals surface area contributed by atoms with Crippen LogP contribution in [-0.4, -0.2) is 72.5 Å². The number of fused-ring (bicyclic) bond motifs is 2. The third-order valence-corrected chi connectivity index (χ3v) is 9.22. The molecule has 0 radical (unpaired) electrons. The maximum Gasteiger partial charge on any atom is 0.241 e. The molecule has 5 fully saturated rings. The number of hydrogen-bond donors (Lipinski definition) is 3. The van der Waals surface area contributed by atoms with Gasteiger partial charge in [0.2, 0.25) is 11.8 Å². The van der Waals surface area contributed by atoms with Gasteiger partial charge in [0.05, 0.1) is 6.04 Å². The van der Waals surface area contributed by atoms with Crippen molar-refractivity contribution in [3.05, 3.63) is 0 Å². The highest BCUT2D eigenvalue weighted by Gasteiger charge is 2.47. The first-order valence-electron chi connectivity index (χ1n) is 13.4. The van der Waals surface area contributed by atoms with Crippen molar-refractivity contribution in [1.29, 1.82) is 0 Å². The Morgan fingerprint density at radius 3 is 2.53 bits per heavy atom. The summed E-state index contributed by atoms with van der Waals surface area (Å²) >= 11 is 0. The molecule has 3 aliphatic heterocycles. The monoisotopic (exact) mass is 445 g/mol. The maximum atomic E-state index is 13.3. The summed E-state index contributed by atoms with van der Waals surface area (Å²) in [5.41, 5.74) is 6.66. The van der Waals surface area contributed by atoms with E-state index in [4.69, 9.17) is 0 Å². The highest BCUT2D eigenvalue weighted by Crippen LogP contribution is 2.35. The predicted octanol–water partition coefficient (Wildman–Crippen LogP) is 2.03. The Kier molecular flexibility index (Phi) is 7.05. The Labute approximate surface area is 193 Å². The van der Waals surface area contributed by atoms with E-state index in [-0.39, 0.29) is 35.9 Å². The molecule has 3 saturated heterocycles. The topological polar surface area (TPSA) is 76.7 Å². The zero-order chi connectivity index (χ0) is 22.1. The fraction of sp³-hybridized carbons (Fsp3) is 0.920. The zero-order valence-electron chi connectivity index (χ0n) is 19.9. The van der Waals surface area contributed by atoms with E-state index < -0.39 is 0 Å². The van der Waals surface area contributed by atoms with Gasteiger partial charge in [-0.15, -0.1) is 0 Å². The molecule has 2 amide bonds. The molecule has 3 heterocycles. The Bertz CT molecular complexity index is 667. The molecule has 3 N–H and O–H groups in total. The molecule has 2 aliphatic carbocycles. The van der Waals surface area contributed by atoms with Gasteiger partial charge in [0.15, 0.2) is 0 Å². The molecule has 5 rings (SSSR count). The van der Waals surface area contributed by atoms with E-state index in [2.05, 4.69) is 16.2 Å². The number of nitrogens with one attached hydrogen (secondary N) is 3. The molecular formula is C25H43N5O2. The number of piperidine rings is 1. The molecule has 0 aromatic rings.